The number of imidazole rings is 1. The normalized spacial score (nSPS) is 13.8. The van der Waals surface area contributed by atoms with Crippen LogP contribution in [-0.4, -0.2) is 35.7 Å². The number of carbonyl (C=O) groups is 1. The maximum Gasteiger partial charge on any atom is 0.421 e. The van der Waals surface area contributed by atoms with Gasteiger partial charge >= 0.3 is 6.09 Å². The van der Waals surface area contributed by atoms with Crippen LogP contribution in [0.4, 0.5) is 4.79 Å². The lowest BCUT2D eigenvalue weighted by molar-refractivity contribution is 0.151. The maximum atomic E-state index is 13.1. The maximum absolute atomic E-state index is 13.1. The summed E-state index contributed by atoms with van der Waals surface area (Å²) in [4.78, 5) is 21.2. The molecule has 0 bridgehead atoms. The van der Waals surface area contributed by atoms with Gasteiger partial charge in [-0.1, -0.05) is 51.5 Å². The average molecular weight is 517 g/mol. The molecule has 3 aromatic rings. The predicted molar refractivity (Wildman–Crippen MR) is 136 cm³/mol. The topological polar surface area (TPSA) is 103 Å². The van der Waals surface area contributed by atoms with Crippen molar-refractivity contribution in [3.8, 4) is 11.3 Å². The van der Waals surface area contributed by atoms with E-state index < -0.39 is 16.1 Å². The van der Waals surface area contributed by atoms with Gasteiger partial charge in [0.05, 0.1) is 11.6 Å². The Labute approximate surface area is 210 Å². The zero-order valence-electron chi connectivity index (χ0n) is 20.4. The van der Waals surface area contributed by atoms with Gasteiger partial charge < -0.3 is 9.30 Å². The van der Waals surface area contributed by atoms with E-state index in [2.05, 4.69) is 28.4 Å². The Bertz CT molecular complexity index is 1260. The molecule has 1 amide bonds. The van der Waals surface area contributed by atoms with Crippen molar-refractivity contribution in [1.29, 1.82) is 0 Å². The third kappa shape index (κ3) is 6.49. The number of hydrogen-bond acceptors (Lipinski definition) is 7. The molecule has 1 aliphatic rings. The Hall–Kier alpha value is -2.72. The highest BCUT2D eigenvalue weighted by atomic mass is 32.2. The van der Waals surface area contributed by atoms with E-state index in [4.69, 9.17) is 4.74 Å². The minimum absolute atomic E-state index is 0.0268. The van der Waals surface area contributed by atoms with E-state index in [0.29, 0.717) is 47.5 Å². The van der Waals surface area contributed by atoms with Crippen LogP contribution in [0.5, 0.6) is 0 Å². The largest absolute Gasteiger partial charge is 0.449 e. The van der Waals surface area contributed by atoms with E-state index in [0.717, 1.165) is 29.1 Å². The number of carbonyl (C=O) groups excluding carboxylic acids is 1. The fraction of sp³-hybridized carbons (Fsp3) is 0.480. The molecule has 8 nitrogen and oxygen atoms in total. The number of sulfonamides is 1. The molecule has 0 aliphatic heterocycles. The van der Waals surface area contributed by atoms with Gasteiger partial charge in [0, 0.05) is 36.8 Å². The van der Waals surface area contributed by atoms with E-state index in [1.165, 1.54) is 12.8 Å². The van der Waals surface area contributed by atoms with Crippen molar-refractivity contribution in [2.45, 2.75) is 69.5 Å². The molecule has 35 heavy (non-hydrogen) atoms. The number of hydrogen-bond donors (Lipinski definition) is 1. The quantitative estimate of drug-likeness (QED) is 0.345. The number of nitrogens with one attached hydrogen (secondary N) is 1. The fourth-order valence-electron chi connectivity index (χ4n) is 3.76. The highest BCUT2D eigenvalue weighted by Crippen LogP contribution is 2.39. The first-order valence-electron chi connectivity index (χ1n) is 12.1. The van der Waals surface area contributed by atoms with Crippen molar-refractivity contribution in [2.24, 2.45) is 5.92 Å². The highest BCUT2D eigenvalue weighted by molar-refractivity contribution is 7.92. The van der Waals surface area contributed by atoms with Crippen LogP contribution in [0.25, 0.3) is 11.3 Å². The highest BCUT2D eigenvalue weighted by Gasteiger charge is 2.29. The van der Waals surface area contributed by atoms with Gasteiger partial charge in [-0.25, -0.2) is 27.9 Å². The standard InChI is InChI=1S/C25H32N4O4S2/c1-4-5-14-33-25(30)28-35(31,32)24-22(27-21(34-24)15-17(2)3)19-8-6-18(7-9-19)16-29-13-12-26-23(29)20-10-11-20/h6-9,12-13,17,20H,4-5,10-11,14-16H2,1-3H3,(H,28,30). The summed E-state index contributed by atoms with van der Waals surface area (Å²) < 4.78 is 35.4. The van der Waals surface area contributed by atoms with Crippen molar-refractivity contribution >= 4 is 27.5 Å². The van der Waals surface area contributed by atoms with Gasteiger partial charge in [-0.2, -0.15) is 0 Å². The molecule has 0 radical (unpaired) electrons. The van der Waals surface area contributed by atoms with Crippen LogP contribution >= 0.6 is 11.3 Å². The molecule has 1 aliphatic carbocycles. The molecule has 188 valence electrons. The average Bonchev–Trinajstić information content (AvgIpc) is 3.39. The van der Waals surface area contributed by atoms with Crippen molar-refractivity contribution in [3.05, 3.63) is 53.1 Å². The minimum atomic E-state index is -4.13. The molecule has 2 aromatic heterocycles. The summed E-state index contributed by atoms with van der Waals surface area (Å²) in [6, 6.07) is 7.73. The third-order valence-electron chi connectivity index (χ3n) is 5.69. The second-order valence-electron chi connectivity index (χ2n) is 9.32. The summed E-state index contributed by atoms with van der Waals surface area (Å²) in [7, 11) is -4.13. The molecule has 0 atom stereocenters. The van der Waals surface area contributed by atoms with Crippen LogP contribution in [0.15, 0.2) is 40.9 Å². The van der Waals surface area contributed by atoms with Crippen molar-refractivity contribution < 1.29 is 17.9 Å². The summed E-state index contributed by atoms with van der Waals surface area (Å²) in [5.41, 5.74) is 2.13. The molecule has 4 rings (SSSR count). The van der Waals surface area contributed by atoms with E-state index in [1.807, 2.05) is 48.3 Å². The molecular weight excluding hydrogens is 484 g/mol. The van der Waals surface area contributed by atoms with Crippen molar-refractivity contribution in [3.63, 3.8) is 0 Å². The molecule has 1 fully saturated rings. The number of rotatable bonds is 11. The second kappa shape index (κ2) is 10.9. The van der Waals surface area contributed by atoms with E-state index >= 15 is 0 Å². The molecule has 1 saturated carbocycles. The molecule has 0 unspecified atom stereocenters. The molecule has 10 heteroatoms. The van der Waals surface area contributed by atoms with E-state index in [-0.39, 0.29) is 10.8 Å². The van der Waals surface area contributed by atoms with Gasteiger partial charge in [0.1, 0.15) is 11.5 Å². The predicted octanol–water partition coefficient (Wildman–Crippen LogP) is 5.35. The number of aromatic nitrogens is 3. The molecule has 1 N–H and O–H groups in total. The fourth-order valence-corrected chi connectivity index (χ4v) is 6.43. The lowest BCUT2D eigenvalue weighted by Crippen LogP contribution is -2.31. The number of unbranched alkanes of at least 4 members (excludes halogenated alkanes) is 1. The molecule has 0 spiro atoms. The lowest BCUT2D eigenvalue weighted by Gasteiger charge is -2.09. The smallest absolute Gasteiger partial charge is 0.421 e. The van der Waals surface area contributed by atoms with Gasteiger partial charge in [0.25, 0.3) is 10.0 Å². The zero-order chi connectivity index (χ0) is 25.0. The number of thiazole rings is 1. The Balaban J connectivity index is 1.57. The van der Waals surface area contributed by atoms with Gasteiger partial charge in [0.2, 0.25) is 0 Å². The van der Waals surface area contributed by atoms with Crippen LogP contribution in [-0.2, 0) is 27.7 Å². The zero-order valence-corrected chi connectivity index (χ0v) is 22.0. The summed E-state index contributed by atoms with van der Waals surface area (Å²) in [6.07, 6.45) is 7.41. The van der Waals surface area contributed by atoms with E-state index in [1.54, 1.807) is 0 Å². The van der Waals surface area contributed by atoms with Crippen LogP contribution < -0.4 is 4.72 Å². The van der Waals surface area contributed by atoms with Crippen LogP contribution in [0.3, 0.4) is 0 Å². The number of ether oxygens (including phenoxy) is 1. The third-order valence-corrected chi connectivity index (χ3v) is 8.58. The first kappa shape index (κ1) is 25.4. The van der Waals surface area contributed by atoms with Gasteiger partial charge in [0.15, 0.2) is 4.21 Å². The first-order valence-corrected chi connectivity index (χ1v) is 14.4. The Kier molecular flexibility index (Phi) is 7.91. The van der Waals surface area contributed by atoms with Crippen molar-refractivity contribution in [1.82, 2.24) is 19.3 Å². The lowest BCUT2D eigenvalue weighted by atomic mass is 10.1. The van der Waals surface area contributed by atoms with Crippen molar-refractivity contribution in [2.75, 3.05) is 6.61 Å². The number of benzene rings is 1. The summed E-state index contributed by atoms with van der Waals surface area (Å²) in [5.74, 6) is 2.00. The van der Waals surface area contributed by atoms with Gasteiger partial charge in [-0.15, -0.1) is 11.3 Å². The van der Waals surface area contributed by atoms with Crippen LogP contribution in [0.1, 0.15) is 68.8 Å². The summed E-state index contributed by atoms with van der Waals surface area (Å²) in [6.45, 7) is 6.95. The SMILES string of the molecule is CCCCOC(=O)NS(=O)(=O)c1sc(CC(C)C)nc1-c1ccc(Cn2ccnc2C2CC2)cc1. The Morgan fingerprint density at radius 3 is 2.66 bits per heavy atom. The van der Waals surface area contributed by atoms with Crippen LogP contribution in [0.2, 0.25) is 0 Å². The Morgan fingerprint density at radius 2 is 2.00 bits per heavy atom. The summed E-state index contributed by atoms with van der Waals surface area (Å²) in [5, 5.41) is 0.714. The first-order chi connectivity index (χ1) is 16.8. The summed E-state index contributed by atoms with van der Waals surface area (Å²) >= 11 is 1.10. The monoisotopic (exact) mass is 516 g/mol. The second-order valence-corrected chi connectivity index (χ2v) is 12.3. The van der Waals surface area contributed by atoms with Crippen LogP contribution in [0, 0.1) is 5.92 Å². The van der Waals surface area contributed by atoms with Gasteiger partial charge in [-0.3, -0.25) is 0 Å². The molecule has 0 saturated heterocycles. The van der Waals surface area contributed by atoms with Gasteiger partial charge in [-0.05, 0) is 30.7 Å². The van der Waals surface area contributed by atoms with E-state index in [9.17, 15) is 13.2 Å². The molecule has 2 heterocycles. The minimum Gasteiger partial charge on any atom is -0.449 e. The number of amides is 1. The number of nitrogens with zero attached hydrogens (tertiary/aromatic N) is 3. The Morgan fingerprint density at radius 1 is 1.26 bits per heavy atom. The molecular formula is C25H32N4O4S2. The molecule has 1 aromatic carbocycles.